The van der Waals surface area contributed by atoms with Crippen molar-refractivity contribution in [3.63, 3.8) is 0 Å². The van der Waals surface area contributed by atoms with E-state index < -0.39 is 5.54 Å². The zero-order valence-corrected chi connectivity index (χ0v) is 9.46. The highest BCUT2D eigenvalue weighted by Gasteiger charge is 2.36. The summed E-state index contributed by atoms with van der Waals surface area (Å²) in [5, 5.41) is 3.40. The molecule has 3 N–H and O–H groups in total. The minimum Gasteiger partial charge on any atom is -0.377 e. The molecule has 1 fully saturated rings. The monoisotopic (exact) mass is 240 g/mol. The van der Waals surface area contributed by atoms with Crippen LogP contribution >= 0.6 is 11.6 Å². The molecule has 1 aromatic carbocycles. The smallest absolute Gasteiger partial charge is 0.226 e. The molecule has 4 nitrogen and oxygen atoms in total. The van der Waals surface area contributed by atoms with E-state index >= 15 is 0 Å². The lowest BCUT2D eigenvalue weighted by Crippen LogP contribution is -2.58. The lowest BCUT2D eigenvalue weighted by Gasteiger charge is -2.37. The largest absolute Gasteiger partial charge is 0.377 e. The SMILES string of the molecule is NC1(CC(=O)Nc2ccc(Cl)cc2)COC1. The van der Waals surface area contributed by atoms with Gasteiger partial charge in [0.25, 0.3) is 0 Å². The fourth-order valence-corrected chi connectivity index (χ4v) is 1.65. The van der Waals surface area contributed by atoms with Crippen molar-refractivity contribution in [3.05, 3.63) is 29.3 Å². The predicted octanol–water partition coefficient (Wildman–Crippen LogP) is 1.40. The number of ether oxygens (including phenoxy) is 1. The Morgan fingerprint density at radius 1 is 1.44 bits per heavy atom. The maximum atomic E-state index is 11.6. The fraction of sp³-hybridized carbons (Fsp3) is 0.364. The van der Waals surface area contributed by atoms with E-state index in [0.717, 1.165) is 5.69 Å². The third-order valence-corrected chi connectivity index (χ3v) is 2.67. The van der Waals surface area contributed by atoms with Gasteiger partial charge in [0.1, 0.15) is 0 Å². The van der Waals surface area contributed by atoms with Crippen molar-refractivity contribution in [2.24, 2.45) is 5.73 Å². The van der Waals surface area contributed by atoms with Gasteiger partial charge in [0.2, 0.25) is 5.91 Å². The summed E-state index contributed by atoms with van der Waals surface area (Å²) in [6.45, 7) is 0.891. The van der Waals surface area contributed by atoms with Gasteiger partial charge < -0.3 is 15.8 Å². The molecule has 0 spiro atoms. The van der Waals surface area contributed by atoms with Crippen molar-refractivity contribution in [1.29, 1.82) is 0 Å². The summed E-state index contributed by atoms with van der Waals surface area (Å²) in [7, 11) is 0. The van der Waals surface area contributed by atoms with E-state index in [0.29, 0.717) is 18.2 Å². The molecule has 0 atom stereocenters. The van der Waals surface area contributed by atoms with Gasteiger partial charge in [-0.05, 0) is 24.3 Å². The highest BCUT2D eigenvalue weighted by molar-refractivity contribution is 6.30. The molecular formula is C11H13ClN2O2. The Morgan fingerprint density at radius 2 is 2.06 bits per heavy atom. The van der Waals surface area contributed by atoms with Crippen LogP contribution in [-0.4, -0.2) is 24.7 Å². The average Bonchev–Trinajstić information content (AvgIpc) is 2.19. The first-order valence-electron chi connectivity index (χ1n) is 4.99. The van der Waals surface area contributed by atoms with Gasteiger partial charge in [-0.1, -0.05) is 11.6 Å². The number of amides is 1. The van der Waals surface area contributed by atoms with Gasteiger partial charge in [-0.2, -0.15) is 0 Å². The van der Waals surface area contributed by atoms with Gasteiger partial charge in [0, 0.05) is 17.1 Å². The Kier molecular flexibility index (Phi) is 3.14. The molecule has 5 heteroatoms. The molecule has 1 aliphatic heterocycles. The molecule has 0 aromatic heterocycles. The molecule has 0 unspecified atom stereocenters. The number of nitrogens with two attached hydrogens (primary N) is 1. The van der Waals surface area contributed by atoms with Crippen LogP contribution in [0.4, 0.5) is 5.69 Å². The molecule has 16 heavy (non-hydrogen) atoms. The molecule has 1 amide bonds. The van der Waals surface area contributed by atoms with Crippen LogP contribution in [0.3, 0.4) is 0 Å². The standard InChI is InChI=1S/C11H13ClN2O2/c12-8-1-3-9(4-2-8)14-10(15)5-11(13)6-16-7-11/h1-4H,5-7,13H2,(H,14,15). The number of benzene rings is 1. The zero-order valence-electron chi connectivity index (χ0n) is 8.70. The molecular weight excluding hydrogens is 228 g/mol. The first kappa shape index (κ1) is 11.4. The van der Waals surface area contributed by atoms with Crippen LogP contribution in [0.25, 0.3) is 0 Å². The molecule has 1 aliphatic rings. The predicted molar refractivity (Wildman–Crippen MR) is 62.4 cm³/mol. The summed E-state index contributed by atoms with van der Waals surface area (Å²) in [6.07, 6.45) is 0.273. The minimum atomic E-state index is -0.490. The quantitative estimate of drug-likeness (QED) is 0.839. The van der Waals surface area contributed by atoms with Gasteiger partial charge in [-0.15, -0.1) is 0 Å². The van der Waals surface area contributed by atoms with Crippen molar-refractivity contribution in [3.8, 4) is 0 Å². The second-order valence-electron chi connectivity index (χ2n) is 4.09. The van der Waals surface area contributed by atoms with Crippen LogP contribution in [0.5, 0.6) is 0 Å². The Labute approximate surface area is 98.7 Å². The first-order valence-corrected chi connectivity index (χ1v) is 5.37. The molecule has 0 aliphatic carbocycles. The van der Waals surface area contributed by atoms with Gasteiger partial charge in [0.05, 0.1) is 18.8 Å². The highest BCUT2D eigenvalue weighted by Crippen LogP contribution is 2.19. The number of anilines is 1. The molecule has 0 bridgehead atoms. The van der Waals surface area contributed by atoms with Crippen molar-refractivity contribution in [1.82, 2.24) is 0 Å². The summed E-state index contributed by atoms with van der Waals surface area (Å²) in [5.41, 5.74) is 6.11. The van der Waals surface area contributed by atoms with Crippen LogP contribution in [-0.2, 0) is 9.53 Å². The average molecular weight is 241 g/mol. The van der Waals surface area contributed by atoms with Gasteiger partial charge in [-0.3, -0.25) is 4.79 Å². The third kappa shape index (κ3) is 2.72. The van der Waals surface area contributed by atoms with Crippen molar-refractivity contribution in [2.45, 2.75) is 12.0 Å². The van der Waals surface area contributed by atoms with E-state index in [1.807, 2.05) is 0 Å². The molecule has 0 saturated carbocycles. The molecule has 86 valence electrons. The summed E-state index contributed by atoms with van der Waals surface area (Å²) in [6, 6.07) is 6.95. The van der Waals surface area contributed by atoms with Gasteiger partial charge >= 0.3 is 0 Å². The number of halogens is 1. The van der Waals surface area contributed by atoms with Crippen LogP contribution in [0.2, 0.25) is 5.02 Å². The van der Waals surface area contributed by atoms with Crippen LogP contribution in [0, 0.1) is 0 Å². The number of nitrogens with one attached hydrogen (secondary N) is 1. The third-order valence-electron chi connectivity index (χ3n) is 2.42. The van der Waals surface area contributed by atoms with Crippen molar-refractivity contribution < 1.29 is 9.53 Å². The lowest BCUT2D eigenvalue weighted by molar-refractivity contribution is -0.123. The van der Waals surface area contributed by atoms with Gasteiger partial charge in [-0.25, -0.2) is 0 Å². The Hall–Kier alpha value is -1.10. The summed E-state index contributed by atoms with van der Waals surface area (Å²) < 4.78 is 4.98. The van der Waals surface area contributed by atoms with E-state index in [4.69, 9.17) is 22.1 Å². The highest BCUT2D eigenvalue weighted by atomic mass is 35.5. The molecule has 2 rings (SSSR count). The van der Waals surface area contributed by atoms with Crippen LogP contribution < -0.4 is 11.1 Å². The lowest BCUT2D eigenvalue weighted by atomic mass is 9.94. The maximum absolute atomic E-state index is 11.6. The number of rotatable bonds is 3. The number of hydrogen-bond acceptors (Lipinski definition) is 3. The normalized spacial score (nSPS) is 17.6. The molecule has 0 radical (unpaired) electrons. The minimum absolute atomic E-state index is 0.104. The van der Waals surface area contributed by atoms with E-state index in [2.05, 4.69) is 5.32 Å². The second-order valence-corrected chi connectivity index (χ2v) is 4.52. The summed E-state index contributed by atoms with van der Waals surface area (Å²) in [4.78, 5) is 11.6. The van der Waals surface area contributed by atoms with E-state index in [9.17, 15) is 4.79 Å². The Balaban J connectivity index is 1.89. The maximum Gasteiger partial charge on any atom is 0.226 e. The first-order chi connectivity index (χ1) is 7.57. The Morgan fingerprint density at radius 3 is 2.56 bits per heavy atom. The number of carbonyl (C=O) groups excluding carboxylic acids is 1. The number of hydrogen-bond donors (Lipinski definition) is 2. The van der Waals surface area contributed by atoms with Crippen LogP contribution in [0.15, 0.2) is 24.3 Å². The van der Waals surface area contributed by atoms with E-state index in [1.54, 1.807) is 24.3 Å². The number of carbonyl (C=O) groups is 1. The topological polar surface area (TPSA) is 64.4 Å². The van der Waals surface area contributed by atoms with Crippen molar-refractivity contribution in [2.75, 3.05) is 18.5 Å². The molecule has 1 aromatic rings. The van der Waals surface area contributed by atoms with Gasteiger partial charge in [0.15, 0.2) is 0 Å². The summed E-state index contributed by atoms with van der Waals surface area (Å²) in [5.74, 6) is -0.104. The Bertz CT molecular complexity index is 387. The molecule has 1 heterocycles. The van der Waals surface area contributed by atoms with Crippen LogP contribution in [0.1, 0.15) is 6.42 Å². The van der Waals surface area contributed by atoms with Crippen molar-refractivity contribution >= 4 is 23.2 Å². The van der Waals surface area contributed by atoms with E-state index in [1.165, 1.54) is 0 Å². The van der Waals surface area contributed by atoms with E-state index in [-0.39, 0.29) is 12.3 Å². The fourth-order valence-electron chi connectivity index (χ4n) is 1.52. The zero-order chi connectivity index (χ0) is 11.6. The summed E-state index contributed by atoms with van der Waals surface area (Å²) >= 11 is 5.74. The second kappa shape index (κ2) is 4.41. The molecule has 1 saturated heterocycles.